The molecule has 0 atom stereocenters. The van der Waals surface area contributed by atoms with E-state index < -0.39 is 0 Å². The molecule has 21 heavy (non-hydrogen) atoms. The van der Waals surface area contributed by atoms with Crippen LogP contribution in [0.1, 0.15) is 0 Å². The SMILES string of the molecule is Cn1c(=O)cc(Sc2c(Cl)cccc2Cl)c2ccccc21. The Balaban J connectivity index is 2.22. The van der Waals surface area contributed by atoms with E-state index in [-0.39, 0.29) is 5.56 Å². The summed E-state index contributed by atoms with van der Waals surface area (Å²) in [5.41, 5.74) is 0.829. The van der Waals surface area contributed by atoms with Crippen LogP contribution in [0.3, 0.4) is 0 Å². The van der Waals surface area contributed by atoms with Crippen LogP contribution in [0.15, 0.2) is 63.1 Å². The van der Waals surface area contributed by atoms with E-state index in [0.29, 0.717) is 10.0 Å². The molecule has 0 aliphatic heterocycles. The van der Waals surface area contributed by atoms with Gasteiger partial charge in [0.1, 0.15) is 0 Å². The van der Waals surface area contributed by atoms with Crippen molar-refractivity contribution in [3.63, 3.8) is 0 Å². The number of aromatic nitrogens is 1. The van der Waals surface area contributed by atoms with Gasteiger partial charge < -0.3 is 4.57 Å². The highest BCUT2D eigenvalue weighted by molar-refractivity contribution is 7.99. The predicted molar refractivity (Wildman–Crippen MR) is 89.8 cm³/mol. The Morgan fingerprint density at radius 3 is 2.38 bits per heavy atom. The van der Waals surface area contributed by atoms with Crippen LogP contribution < -0.4 is 5.56 Å². The van der Waals surface area contributed by atoms with Gasteiger partial charge in [0, 0.05) is 28.3 Å². The Bertz CT molecular complexity index is 869. The number of benzene rings is 2. The summed E-state index contributed by atoms with van der Waals surface area (Å²) in [6.45, 7) is 0. The molecule has 3 rings (SSSR count). The molecule has 0 saturated carbocycles. The Morgan fingerprint density at radius 2 is 1.67 bits per heavy atom. The first-order chi connectivity index (χ1) is 10.1. The van der Waals surface area contributed by atoms with Crippen molar-refractivity contribution < 1.29 is 0 Å². The van der Waals surface area contributed by atoms with E-state index in [1.54, 1.807) is 35.9 Å². The number of para-hydroxylation sites is 1. The second kappa shape index (κ2) is 5.76. The summed E-state index contributed by atoms with van der Waals surface area (Å²) in [7, 11) is 1.77. The zero-order valence-electron chi connectivity index (χ0n) is 11.1. The van der Waals surface area contributed by atoms with Crippen LogP contribution in [0.4, 0.5) is 0 Å². The Hall–Kier alpha value is -1.42. The monoisotopic (exact) mass is 335 g/mol. The standard InChI is InChI=1S/C16H11Cl2NOS/c1-19-13-8-3-2-5-10(13)14(9-15(19)20)21-16-11(17)6-4-7-12(16)18/h2-9H,1H3. The van der Waals surface area contributed by atoms with Gasteiger partial charge in [-0.15, -0.1) is 0 Å². The van der Waals surface area contributed by atoms with Gasteiger partial charge in [-0.2, -0.15) is 0 Å². The van der Waals surface area contributed by atoms with Gasteiger partial charge in [-0.1, -0.05) is 59.2 Å². The smallest absolute Gasteiger partial charge is 0.251 e. The minimum absolute atomic E-state index is 0.0561. The average Bonchev–Trinajstić information content (AvgIpc) is 2.48. The van der Waals surface area contributed by atoms with Gasteiger partial charge in [0.2, 0.25) is 0 Å². The second-order valence-electron chi connectivity index (χ2n) is 4.58. The summed E-state index contributed by atoms with van der Waals surface area (Å²) in [6.07, 6.45) is 0. The van der Waals surface area contributed by atoms with Crippen molar-refractivity contribution >= 4 is 45.9 Å². The zero-order chi connectivity index (χ0) is 15.0. The number of hydrogen-bond acceptors (Lipinski definition) is 2. The molecule has 1 heterocycles. The van der Waals surface area contributed by atoms with Crippen molar-refractivity contribution in [2.75, 3.05) is 0 Å². The number of aryl methyl sites for hydroxylation is 1. The van der Waals surface area contributed by atoms with Crippen molar-refractivity contribution in [2.45, 2.75) is 9.79 Å². The topological polar surface area (TPSA) is 22.0 Å². The van der Waals surface area contributed by atoms with E-state index in [1.807, 2.05) is 24.3 Å². The van der Waals surface area contributed by atoms with Crippen LogP contribution in [-0.4, -0.2) is 4.57 Å². The van der Waals surface area contributed by atoms with Crippen LogP contribution in [-0.2, 0) is 7.05 Å². The van der Waals surface area contributed by atoms with Crippen molar-refractivity contribution in [3.8, 4) is 0 Å². The molecule has 3 aromatic rings. The first kappa shape index (κ1) is 14.5. The van der Waals surface area contributed by atoms with E-state index in [0.717, 1.165) is 20.7 Å². The lowest BCUT2D eigenvalue weighted by Crippen LogP contribution is -2.16. The Labute approximate surface area is 136 Å². The average molecular weight is 336 g/mol. The minimum Gasteiger partial charge on any atom is -0.311 e. The number of pyridine rings is 1. The summed E-state index contributed by atoms with van der Waals surface area (Å²) < 4.78 is 1.63. The molecule has 0 radical (unpaired) electrons. The molecule has 0 spiro atoms. The van der Waals surface area contributed by atoms with Crippen LogP contribution in [0.5, 0.6) is 0 Å². The molecule has 5 heteroatoms. The summed E-state index contributed by atoms with van der Waals surface area (Å²) in [5, 5.41) is 2.16. The fraction of sp³-hybridized carbons (Fsp3) is 0.0625. The summed E-state index contributed by atoms with van der Waals surface area (Å²) in [5.74, 6) is 0. The number of rotatable bonds is 2. The molecular weight excluding hydrogens is 325 g/mol. The molecule has 0 aliphatic rings. The first-order valence-electron chi connectivity index (χ1n) is 6.28. The van der Waals surface area contributed by atoms with Crippen LogP contribution in [0.25, 0.3) is 10.9 Å². The van der Waals surface area contributed by atoms with Gasteiger partial charge in [-0.05, 0) is 18.2 Å². The summed E-state index contributed by atoms with van der Waals surface area (Å²) in [4.78, 5) is 13.7. The summed E-state index contributed by atoms with van der Waals surface area (Å²) in [6, 6.07) is 14.8. The molecule has 0 saturated heterocycles. The fourth-order valence-electron chi connectivity index (χ4n) is 2.15. The van der Waals surface area contributed by atoms with Crippen molar-refractivity contribution in [1.82, 2.24) is 4.57 Å². The molecule has 0 fully saturated rings. The van der Waals surface area contributed by atoms with E-state index in [2.05, 4.69) is 0 Å². The van der Waals surface area contributed by atoms with Crippen molar-refractivity contribution in [1.29, 1.82) is 0 Å². The third-order valence-electron chi connectivity index (χ3n) is 3.25. The maximum absolute atomic E-state index is 12.1. The normalized spacial score (nSPS) is 11.0. The van der Waals surface area contributed by atoms with Gasteiger partial charge in [-0.25, -0.2) is 0 Å². The lowest BCUT2D eigenvalue weighted by Gasteiger charge is -2.11. The molecule has 0 unspecified atom stereocenters. The fourth-order valence-corrected chi connectivity index (χ4v) is 3.78. The first-order valence-corrected chi connectivity index (χ1v) is 7.86. The molecule has 0 aliphatic carbocycles. The largest absolute Gasteiger partial charge is 0.311 e. The van der Waals surface area contributed by atoms with E-state index in [4.69, 9.17) is 23.2 Å². The molecule has 0 bridgehead atoms. The molecule has 1 aromatic heterocycles. The molecular formula is C16H11Cl2NOS. The van der Waals surface area contributed by atoms with Gasteiger partial charge in [0.25, 0.3) is 5.56 Å². The maximum Gasteiger partial charge on any atom is 0.251 e. The molecule has 2 nitrogen and oxygen atoms in total. The highest BCUT2D eigenvalue weighted by Crippen LogP contribution is 2.40. The van der Waals surface area contributed by atoms with Gasteiger partial charge >= 0.3 is 0 Å². The van der Waals surface area contributed by atoms with Crippen LogP contribution in [0, 0.1) is 0 Å². The van der Waals surface area contributed by atoms with Crippen LogP contribution >= 0.6 is 35.0 Å². The maximum atomic E-state index is 12.1. The second-order valence-corrected chi connectivity index (χ2v) is 6.44. The minimum atomic E-state index is -0.0561. The van der Waals surface area contributed by atoms with E-state index >= 15 is 0 Å². The van der Waals surface area contributed by atoms with Gasteiger partial charge in [-0.3, -0.25) is 4.79 Å². The van der Waals surface area contributed by atoms with Gasteiger partial charge in [0.15, 0.2) is 0 Å². The quantitative estimate of drug-likeness (QED) is 0.657. The third kappa shape index (κ3) is 2.69. The van der Waals surface area contributed by atoms with Crippen molar-refractivity contribution in [2.24, 2.45) is 7.05 Å². The lowest BCUT2D eigenvalue weighted by molar-refractivity contribution is 0.898. The highest BCUT2D eigenvalue weighted by atomic mass is 35.5. The van der Waals surface area contributed by atoms with Crippen LogP contribution in [0.2, 0.25) is 10.0 Å². The van der Waals surface area contributed by atoms with Crippen molar-refractivity contribution in [3.05, 3.63) is 68.9 Å². The zero-order valence-corrected chi connectivity index (χ0v) is 13.5. The predicted octanol–water partition coefficient (Wildman–Crippen LogP) is 5.00. The number of hydrogen-bond donors (Lipinski definition) is 0. The number of fused-ring (bicyclic) bond motifs is 1. The van der Waals surface area contributed by atoms with E-state index in [9.17, 15) is 4.79 Å². The molecule has 2 aromatic carbocycles. The summed E-state index contributed by atoms with van der Waals surface area (Å²) >= 11 is 13.8. The molecule has 0 amide bonds. The van der Waals surface area contributed by atoms with Gasteiger partial charge in [0.05, 0.1) is 15.6 Å². The lowest BCUT2D eigenvalue weighted by atomic mass is 10.2. The highest BCUT2D eigenvalue weighted by Gasteiger charge is 2.12. The molecule has 106 valence electrons. The number of halogens is 2. The Kier molecular flexibility index (Phi) is 3.98. The van der Waals surface area contributed by atoms with E-state index in [1.165, 1.54) is 11.8 Å². The molecule has 0 N–H and O–H groups in total. The number of nitrogens with zero attached hydrogens (tertiary/aromatic N) is 1. The Morgan fingerprint density at radius 1 is 1.00 bits per heavy atom. The third-order valence-corrected chi connectivity index (χ3v) is 5.30.